The van der Waals surface area contributed by atoms with Crippen molar-refractivity contribution in [1.29, 1.82) is 0 Å². The standard InChI is InChI=1S/C13H19N3O2/c1-14-10-5-6-12(15-8-10)13(17)16-7-3-4-11(9-16)18-2/h5-6,8,11,14H,3-4,7,9H2,1-2H3. The first kappa shape index (κ1) is 12.8. The van der Waals surface area contributed by atoms with Gasteiger partial charge >= 0.3 is 0 Å². The van der Waals surface area contributed by atoms with E-state index >= 15 is 0 Å². The summed E-state index contributed by atoms with van der Waals surface area (Å²) >= 11 is 0. The van der Waals surface area contributed by atoms with Gasteiger partial charge in [-0.2, -0.15) is 0 Å². The molecule has 0 radical (unpaired) electrons. The minimum atomic E-state index is -0.0144. The van der Waals surface area contributed by atoms with E-state index in [1.54, 1.807) is 19.4 Å². The van der Waals surface area contributed by atoms with Gasteiger partial charge in [-0.05, 0) is 25.0 Å². The number of nitrogens with zero attached hydrogens (tertiary/aromatic N) is 2. The molecule has 5 heteroatoms. The van der Waals surface area contributed by atoms with Crippen molar-refractivity contribution in [3.8, 4) is 0 Å². The molecule has 0 aromatic carbocycles. The van der Waals surface area contributed by atoms with Crippen molar-refractivity contribution in [2.24, 2.45) is 0 Å². The first-order valence-corrected chi connectivity index (χ1v) is 6.20. The zero-order valence-electron chi connectivity index (χ0n) is 10.8. The van der Waals surface area contributed by atoms with Gasteiger partial charge in [-0.15, -0.1) is 0 Å². The van der Waals surface area contributed by atoms with Gasteiger partial charge in [0.25, 0.3) is 5.91 Å². The third kappa shape index (κ3) is 2.79. The Kier molecular flexibility index (Phi) is 4.15. The lowest BCUT2D eigenvalue weighted by atomic mass is 10.1. The Balaban J connectivity index is 2.05. The fourth-order valence-electron chi connectivity index (χ4n) is 2.15. The first-order chi connectivity index (χ1) is 8.74. The molecule has 0 bridgehead atoms. The molecular weight excluding hydrogens is 230 g/mol. The lowest BCUT2D eigenvalue weighted by Gasteiger charge is -2.31. The number of likely N-dealkylation sites (tertiary alicyclic amines) is 1. The molecule has 1 aliphatic rings. The number of piperidine rings is 1. The third-order valence-corrected chi connectivity index (χ3v) is 3.27. The van der Waals surface area contributed by atoms with Crippen LogP contribution in [0.1, 0.15) is 23.3 Å². The molecule has 0 spiro atoms. The molecular formula is C13H19N3O2. The summed E-state index contributed by atoms with van der Waals surface area (Å²) in [4.78, 5) is 18.2. The zero-order chi connectivity index (χ0) is 13.0. The highest BCUT2D eigenvalue weighted by Crippen LogP contribution is 2.15. The van der Waals surface area contributed by atoms with Gasteiger partial charge in [-0.1, -0.05) is 0 Å². The molecule has 1 atom stereocenters. The van der Waals surface area contributed by atoms with Crippen LogP contribution in [-0.2, 0) is 4.74 Å². The van der Waals surface area contributed by atoms with Crippen LogP contribution < -0.4 is 5.32 Å². The summed E-state index contributed by atoms with van der Waals surface area (Å²) in [6, 6.07) is 3.61. The lowest BCUT2D eigenvalue weighted by molar-refractivity contribution is 0.0266. The number of anilines is 1. The van der Waals surface area contributed by atoms with Gasteiger partial charge in [-0.25, -0.2) is 4.98 Å². The fourth-order valence-corrected chi connectivity index (χ4v) is 2.15. The van der Waals surface area contributed by atoms with Gasteiger partial charge < -0.3 is 15.0 Å². The highest BCUT2D eigenvalue weighted by molar-refractivity contribution is 5.92. The Morgan fingerprint density at radius 1 is 1.56 bits per heavy atom. The fraction of sp³-hybridized carbons (Fsp3) is 0.538. The van der Waals surface area contributed by atoms with Crippen LogP contribution in [0, 0.1) is 0 Å². The van der Waals surface area contributed by atoms with Crippen molar-refractivity contribution in [1.82, 2.24) is 9.88 Å². The van der Waals surface area contributed by atoms with Crippen molar-refractivity contribution < 1.29 is 9.53 Å². The van der Waals surface area contributed by atoms with E-state index in [9.17, 15) is 4.79 Å². The second-order valence-corrected chi connectivity index (χ2v) is 4.43. The number of methoxy groups -OCH3 is 1. The second-order valence-electron chi connectivity index (χ2n) is 4.43. The van der Waals surface area contributed by atoms with E-state index in [0.29, 0.717) is 12.2 Å². The van der Waals surface area contributed by atoms with Crippen LogP contribution in [0.4, 0.5) is 5.69 Å². The summed E-state index contributed by atoms with van der Waals surface area (Å²) in [7, 11) is 3.52. The molecule has 1 aromatic heterocycles. The Morgan fingerprint density at radius 3 is 3.00 bits per heavy atom. The van der Waals surface area contributed by atoms with Crippen LogP contribution in [0.25, 0.3) is 0 Å². The Bertz CT molecular complexity index is 405. The molecule has 0 saturated carbocycles. The van der Waals surface area contributed by atoms with E-state index in [1.807, 2.05) is 18.0 Å². The number of aromatic nitrogens is 1. The minimum Gasteiger partial charge on any atom is -0.387 e. The monoisotopic (exact) mass is 249 g/mol. The number of hydrogen-bond acceptors (Lipinski definition) is 4. The maximum atomic E-state index is 12.2. The molecule has 2 heterocycles. The average molecular weight is 249 g/mol. The predicted molar refractivity (Wildman–Crippen MR) is 69.7 cm³/mol. The molecule has 5 nitrogen and oxygen atoms in total. The van der Waals surface area contributed by atoms with Gasteiger partial charge in [-0.3, -0.25) is 4.79 Å². The number of amides is 1. The average Bonchev–Trinajstić information content (AvgIpc) is 2.46. The number of carbonyl (C=O) groups excluding carboxylic acids is 1. The lowest BCUT2D eigenvalue weighted by Crippen LogP contribution is -2.43. The predicted octanol–water partition coefficient (Wildman–Crippen LogP) is 1.37. The van der Waals surface area contributed by atoms with E-state index in [0.717, 1.165) is 25.1 Å². The van der Waals surface area contributed by atoms with Crippen LogP contribution in [0.3, 0.4) is 0 Å². The summed E-state index contributed by atoms with van der Waals surface area (Å²) in [6.45, 7) is 1.44. The number of ether oxygens (including phenoxy) is 1. The minimum absolute atomic E-state index is 0.0144. The van der Waals surface area contributed by atoms with E-state index in [4.69, 9.17) is 4.74 Å². The van der Waals surface area contributed by atoms with Crippen molar-refractivity contribution in [2.75, 3.05) is 32.6 Å². The molecule has 1 N–H and O–H groups in total. The maximum absolute atomic E-state index is 12.2. The SMILES string of the molecule is CNc1ccc(C(=O)N2CCCC(OC)C2)nc1. The van der Waals surface area contributed by atoms with E-state index in [2.05, 4.69) is 10.3 Å². The molecule has 1 saturated heterocycles. The van der Waals surface area contributed by atoms with Crippen molar-refractivity contribution in [3.05, 3.63) is 24.0 Å². The molecule has 1 unspecified atom stereocenters. The normalized spacial score (nSPS) is 19.7. The van der Waals surface area contributed by atoms with E-state index in [-0.39, 0.29) is 12.0 Å². The summed E-state index contributed by atoms with van der Waals surface area (Å²) in [6.07, 6.45) is 3.83. The van der Waals surface area contributed by atoms with Crippen molar-refractivity contribution in [2.45, 2.75) is 18.9 Å². The second kappa shape index (κ2) is 5.82. The largest absolute Gasteiger partial charge is 0.387 e. The molecule has 1 fully saturated rings. The third-order valence-electron chi connectivity index (χ3n) is 3.27. The number of carbonyl (C=O) groups is 1. The molecule has 1 amide bonds. The Morgan fingerprint density at radius 2 is 2.39 bits per heavy atom. The summed E-state index contributed by atoms with van der Waals surface area (Å²) in [5.41, 5.74) is 1.39. The highest BCUT2D eigenvalue weighted by Gasteiger charge is 2.24. The zero-order valence-corrected chi connectivity index (χ0v) is 10.8. The van der Waals surface area contributed by atoms with Gasteiger partial charge in [0.05, 0.1) is 18.0 Å². The highest BCUT2D eigenvalue weighted by atomic mass is 16.5. The number of nitrogens with one attached hydrogen (secondary N) is 1. The first-order valence-electron chi connectivity index (χ1n) is 6.20. The summed E-state index contributed by atoms with van der Waals surface area (Å²) in [5, 5.41) is 2.98. The Labute approximate surface area is 107 Å². The molecule has 2 rings (SSSR count). The van der Waals surface area contributed by atoms with E-state index < -0.39 is 0 Å². The maximum Gasteiger partial charge on any atom is 0.272 e. The van der Waals surface area contributed by atoms with Crippen LogP contribution in [0.2, 0.25) is 0 Å². The molecule has 1 aromatic rings. The topological polar surface area (TPSA) is 54.5 Å². The van der Waals surface area contributed by atoms with Crippen molar-refractivity contribution in [3.63, 3.8) is 0 Å². The number of hydrogen-bond donors (Lipinski definition) is 1. The van der Waals surface area contributed by atoms with Crippen LogP contribution >= 0.6 is 0 Å². The number of rotatable bonds is 3. The van der Waals surface area contributed by atoms with Gasteiger partial charge in [0.15, 0.2) is 0 Å². The summed E-state index contributed by atoms with van der Waals surface area (Å²) < 4.78 is 5.32. The molecule has 98 valence electrons. The molecule has 1 aliphatic heterocycles. The quantitative estimate of drug-likeness (QED) is 0.879. The van der Waals surface area contributed by atoms with Gasteiger partial charge in [0, 0.05) is 27.2 Å². The molecule has 18 heavy (non-hydrogen) atoms. The van der Waals surface area contributed by atoms with E-state index in [1.165, 1.54) is 0 Å². The van der Waals surface area contributed by atoms with Gasteiger partial charge in [0.2, 0.25) is 0 Å². The van der Waals surface area contributed by atoms with Crippen LogP contribution in [-0.4, -0.2) is 49.1 Å². The van der Waals surface area contributed by atoms with Crippen molar-refractivity contribution >= 4 is 11.6 Å². The smallest absolute Gasteiger partial charge is 0.272 e. The van der Waals surface area contributed by atoms with Gasteiger partial charge in [0.1, 0.15) is 5.69 Å². The molecule has 0 aliphatic carbocycles. The van der Waals surface area contributed by atoms with Crippen LogP contribution in [0.15, 0.2) is 18.3 Å². The Hall–Kier alpha value is -1.62. The summed E-state index contributed by atoms with van der Waals surface area (Å²) in [5.74, 6) is -0.0144. The number of pyridine rings is 1. The van der Waals surface area contributed by atoms with Crippen LogP contribution in [0.5, 0.6) is 0 Å².